The van der Waals surface area contributed by atoms with E-state index in [1.54, 1.807) is 6.07 Å². The Labute approximate surface area is 113 Å². The van der Waals surface area contributed by atoms with Gasteiger partial charge in [-0.15, -0.1) is 0 Å². The van der Waals surface area contributed by atoms with E-state index in [9.17, 15) is 13.6 Å². The molecule has 0 saturated heterocycles. The molecule has 5 heteroatoms. The summed E-state index contributed by atoms with van der Waals surface area (Å²) in [5.41, 5.74) is -0.0829. The van der Waals surface area contributed by atoms with Gasteiger partial charge in [-0.25, -0.2) is 8.78 Å². The molecular weight excluding hydrogens is 266 g/mol. The predicted octanol–water partition coefficient (Wildman–Crippen LogP) is 2.97. The number of rotatable bonds is 2. The van der Waals surface area contributed by atoms with Crippen molar-refractivity contribution < 1.29 is 23.0 Å². The smallest absolute Gasteiger partial charge is 0.196 e. The lowest BCUT2D eigenvalue weighted by molar-refractivity contribution is 0.103. The number of fused-ring (bicyclic) bond motifs is 1. The van der Waals surface area contributed by atoms with Gasteiger partial charge >= 0.3 is 0 Å². The summed E-state index contributed by atoms with van der Waals surface area (Å²) in [5, 5.41) is 0. The van der Waals surface area contributed by atoms with Gasteiger partial charge in [0.05, 0.1) is 5.56 Å². The molecule has 0 radical (unpaired) electrons. The van der Waals surface area contributed by atoms with Crippen LogP contribution in [0.1, 0.15) is 15.9 Å². The van der Waals surface area contributed by atoms with Crippen molar-refractivity contribution >= 4 is 5.78 Å². The van der Waals surface area contributed by atoms with Crippen LogP contribution >= 0.6 is 0 Å². The number of carbonyl (C=O) groups excluding carboxylic acids is 1. The van der Waals surface area contributed by atoms with Crippen LogP contribution in [0.15, 0.2) is 36.4 Å². The third-order valence-corrected chi connectivity index (χ3v) is 2.98. The Balaban J connectivity index is 2.00. The molecule has 0 atom stereocenters. The van der Waals surface area contributed by atoms with Gasteiger partial charge in [0.15, 0.2) is 17.3 Å². The molecule has 2 aromatic rings. The van der Waals surface area contributed by atoms with Crippen molar-refractivity contribution in [2.75, 3.05) is 13.2 Å². The molecule has 102 valence electrons. The van der Waals surface area contributed by atoms with E-state index < -0.39 is 17.4 Å². The molecule has 1 heterocycles. The predicted molar refractivity (Wildman–Crippen MR) is 67.2 cm³/mol. The molecule has 3 nitrogen and oxygen atoms in total. The first kappa shape index (κ1) is 12.6. The van der Waals surface area contributed by atoms with Crippen LogP contribution < -0.4 is 9.47 Å². The number of hydrogen-bond acceptors (Lipinski definition) is 3. The van der Waals surface area contributed by atoms with Gasteiger partial charge < -0.3 is 9.47 Å². The summed E-state index contributed by atoms with van der Waals surface area (Å²) in [4.78, 5) is 12.2. The third-order valence-electron chi connectivity index (χ3n) is 2.98. The number of hydrogen-bond donors (Lipinski definition) is 0. The maximum absolute atomic E-state index is 13.6. The Morgan fingerprint density at radius 2 is 1.70 bits per heavy atom. The lowest BCUT2D eigenvalue weighted by atomic mass is 10.0. The molecule has 0 unspecified atom stereocenters. The van der Waals surface area contributed by atoms with Crippen LogP contribution in [0.2, 0.25) is 0 Å². The second kappa shape index (κ2) is 4.92. The van der Waals surface area contributed by atoms with E-state index in [2.05, 4.69) is 0 Å². The van der Waals surface area contributed by atoms with Gasteiger partial charge in [0.2, 0.25) is 0 Å². The molecular formula is C15H10F2O3. The fourth-order valence-electron chi connectivity index (χ4n) is 2.01. The van der Waals surface area contributed by atoms with Crippen LogP contribution in [0.25, 0.3) is 0 Å². The van der Waals surface area contributed by atoms with Crippen molar-refractivity contribution in [3.05, 3.63) is 59.2 Å². The van der Waals surface area contributed by atoms with Crippen molar-refractivity contribution in [3.8, 4) is 11.5 Å². The standard InChI is InChI=1S/C15H10F2O3/c16-10-2-3-12(17)11(8-10)15(18)9-1-4-13-14(7-9)20-6-5-19-13/h1-4,7-8H,5-6H2. The van der Waals surface area contributed by atoms with Gasteiger partial charge in [-0.1, -0.05) is 0 Å². The summed E-state index contributed by atoms with van der Waals surface area (Å²) in [6.45, 7) is 0.831. The molecule has 0 saturated carbocycles. The minimum Gasteiger partial charge on any atom is -0.486 e. The summed E-state index contributed by atoms with van der Waals surface area (Å²) < 4.78 is 37.4. The molecule has 0 N–H and O–H groups in total. The average Bonchev–Trinajstić information content (AvgIpc) is 2.48. The summed E-state index contributed by atoms with van der Waals surface area (Å²) in [5.74, 6) is -1.05. The Kier molecular flexibility index (Phi) is 3.10. The summed E-state index contributed by atoms with van der Waals surface area (Å²) in [6, 6.07) is 7.34. The number of carbonyl (C=O) groups is 1. The van der Waals surface area contributed by atoms with E-state index in [1.165, 1.54) is 12.1 Å². The zero-order valence-corrected chi connectivity index (χ0v) is 10.4. The van der Waals surface area contributed by atoms with Crippen LogP contribution in [0.3, 0.4) is 0 Å². The largest absolute Gasteiger partial charge is 0.486 e. The van der Waals surface area contributed by atoms with Crippen molar-refractivity contribution in [1.29, 1.82) is 0 Å². The molecule has 0 spiro atoms. The molecule has 20 heavy (non-hydrogen) atoms. The molecule has 3 rings (SSSR count). The highest BCUT2D eigenvalue weighted by atomic mass is 19.1. The highest BCUT2D eigenvalue weighted by Crippen LogP contribution is 2.31. The molecule has 0 amide bonds. The minimum absolute atomic E-state index is 0.221. The highest BCUT2D eigenvalue weighted by molar-refractivity contribution is 6.09. The molecule has 0 aliphatic carbocycles. The first-order valence-electron chi connectivity index (χ1n) is 6.04. The van der Waals surface area contributed by atoms with Crippen LogP contribution in [-0.2, 0) is 0 Å². The monoisotopic (exact) mass is 276 g/mol. The normalized spacial score (nSPS) is 13.1. The van der Waals surface area contributed by atoms with Gasteiger partial charge in [0.25, 0.3) is 0 Å². The zero-order chi connectivity index (χ0) is 14.1. The molecule has 0 bridgehead atoms. The maximum atomic E-state index is 13.6. The maximum Gasteiger partial charge on any atom is 0.196 e. The fourth-order valence-corrected chi connectivity index (χ4v) is 2.01. The van der Waals surface area contributed by atoms with E-state index in [4.69, 9.17) is 9.47 Å². The third kappa shape index (κ3) is 2.22. The quantitative estimate of drug-likeness (QED) is 0.791. The van der Waals surface area contributed by atoms with E-state index >= 15 is 0 Å². The molecule has 1 aliphatic rings. The van der Waals surface area contributed by atoms with Crippen LogP contribution in [0.4, 0.5) is 8.78 Å². The summed E-state index contributed by atoms with van der Waals surface area (Å²) >= 11 is 0. The second-order valence-electron chi connectivity index (χ2n) is 4.31. The highest BCUT2D eigenvalue weighted by Gasteiger charge is 2.18. The SMILES string of the molecule is O=C(c1ccc2c(c1)OCCO2)c1cc(F)ccc1F. The number of ketones is 1. The number of benzene rings is 2. The van der Waals surface area contributed by atoms with Gasteiger partial charge in [0, 0.05) is 5.56 Å². The summed E-state index contributed by atoms with van der Waals surface area (Å²) in [6.07, 6.45) is 0. The van der Waals surface area contributed by atoms with Crippen molar-refractivity contribution in [2.24, 2.45) is 0 Å². The Bertz CT molecular complexity index is 683. The lowest BCUT2D eigenvalue weighted by Gasteiger charge is -2.18. The Hall–Kier alpha value is -2.43. The molecule has 0 aromatic heterocycles. The van der Waals surface area contributed by atoms with E-state index in [1.807, 2.05) is 0 Å². The topological polar surface area (TPSA) is 35.5 Å². The summed E-state index contributed by atoms with van der Waals surface area (Å²) in [7, 11) is 0. The number of halogens is 2. The van der Waals surface area contributed by atoms with Crippen LogP contribution in [0, 0.1) is 11.6 Å². The van der Waals surface area contributed by atoms with Crippen LogP contribution in [0.5, 0.6) is 11.5 Å². The van der Waals surface area contributed by atoms with Crippen LogP contribution in [-0.4, -0.2) is 19.0 Å². The fraction of sp³-hybridized carbons (Fsp3) is 0.133. The average molecular weight is 276 g/mol. The lowest BCUT2D eigenvalue weighted by Crippen LogP contribution is -2.16. The van der Waals surface area contributed by atoms with Crippen molar-refractivity contribution in [2.45, 2.75) is 0 Å². The van der Waals surface area contributed by atoms with Gasteiger partial charge in [-0.3, -0.25) is 4.79 Å². The number of ether oxygens (including phenoxy) is 2. The van der Waals surface area contributed by atoms with E-state index in [-0.39, 0.29) is 11.1 Å². The van der Waals surface area contributed by atoms with E-state index in [0.29, 0.717) is 24.7 Å². The first-order valence-corrected chi connectivity index (χ1v) is 6.04. The second-order valence-corrected chi connectivity index (χ2v) is 4.31. The van der Waals surface area contributed by atoms with Gasteiger partial charge in [-0.2, -0.15) is 0 Å². The van der Waals surface area contributed by atoms with Gasteiger partial charge in [-0.05, 0) is 36.4 Å². The molecule has 1 aliphatic heterocycles. The zero-order valence-electron chi connectivity index (χ0n) is 10.4. The molecule has 2 aromatic carbocycles. The van der Waals surface area contributed by atoms with Crippen molar-refractivity contribution in [1.82, 2.24) is 0 Å². The molecule has 0 fully saturated rings. The Morgan fingerprint density at radius 3 is 2.50 bits per heavy atom. The first-order chi connectivity index (χ1) is 9.65. The minimum atomic E-state index is -0.758. The van der Waals surface area contributed by atoms with Crippen molar-refractivity contribution in [3.63, 3.8) is 0 Å². The van der Waals surface area contributed by atoms with Gasteiger partial charge in [0.1, 0.15) is 24.8 Å². The van der Waals surface area contributed by atoms with E-state index in [0.717, 1.165) is 18.2 Å². The Morgan fingerprint density at radius 1 is 0.950 bits per heavy atom.